The Hall–Kier alpha value is -3.41. The Balaban J connectivity index is 1.55. The van der Waals surface area contributed by atoms with Crippen molar-refractivity contribution in [1.82, 2.24) is 15.3 Å². The molecule has 1 fully saturated rings. The van der Waals surface area contributed by atoms with Crippen LogP contribution in [-0.4, -0.2) is 35.8 Å². The number of hydrogen-bond acceptors (Lipinski definition) is 4. The van der Waals surface area contributed by atoms with Crippen LogP contribution in [0.25, 0.3) is 11.0 Å². The fourth-order valence-electron chi connectivity index (χ4n) is 2.99. The van der Waals surface area contributed by atoms with Crippen molar-refractivity contribution in [2.75, 3.05) is 25.1 Å². The van der Waals surface area contributed by atoms with Crippen molar-refractivity contribution < 1.29 is 36.2 Å². The van der Waals surface area contributed by atoms with Crippen molar-refractivity contribution in [2.24, 2.45) is 5.92 Å². The van der Waals surface area contributed by atoms with Crippen molar-refractivity contribution in [3.8, 4) is 11.5 Å². The second-order valence-electron chi connectivity index (χ2n) is 6.84. The molecule has 7 nitrogen and oxygen atoms in total. The minimum Gasteiger partial charge on any atom is -0.450 e. The van der Waals surface area contributed by atoms with E-state index in [0.29, 0.717) is 26.0 Å². The Bertz CT molecular complexity index is 1100. The molecule has 1 saturated heterocycles. The summed E-state index contributed by atoms with van der Waals surface area (Å²) in [7, 11) is 0. The van der Waals surface area contributed by atoms with Gasteiger partial charge in [-0.15, -0.1) is 0 Å². The number of halogens is 5. The summed E-state index contributed by atoms with van der Waals surface area (Å²) in [5, 5.41) is 4.36. The summed E-state index contributed by atoms with van der Waals surface area (Å²) in [6.07, 6.45) is -2.90. The molecule has 2 amide bonds. The van der Waals surface area contributed by atoms with Crippen LogP contribution >= 0.6 is 0 Å². The van der Waals surface area contributed by atoms with Crippen molar-refractivity contribution in [2.45, 2.75) is 6.18 Å². The van der Waals surface area contributed by atoms with Crippen LogP contribution in [0.4, 0.5) is 32.4 Å². The van der Waals surface area contributed by atoms with Crippen molar-refractivity contribution in [3.63, 3.8) is 0 Å². The molecule has 12 heteroatoms. The number of nitrogens with zero attached hydrogens (tertiary/aromatic N) is 1. The van der Waals surface area contributed by atoms with Crippen LogP contribution in [0.2, 0.25) is 0 Å². The predicted molar refractivity (Wildman–Crippen MR) is 98.9 cm³/mol. The number of amides is 2. The van der Waals surface area contributed by atoms with Gasteiger partial charge in [-0.25, -0.2) is 18.6 Å². The molecule has 2 aromatic heterocycles. The van der Waals surface area contributed by atoms with Gasteiger partial charge in [0.25, 0.3) is 0 Å². The maximum Gasteiger partial charge on any atom is 0.418 e. The van der Waals surface area contributed by atoms with Crippen LogP contribution < -0.4 is 15.4 Å². The Kier molecular flexibility index (Phi) is 5.39. The van der Waals surface area contributed by atoms with E-state index < -0.39 is 46.3 Å². The minimum atomic E-state index is -4.73. The SMILES string of the molecule is O=C(NCC1COC1)Nc1cc(F)c(Oc2ccnc3[nH]cc(C(F)(F)F)c23)c(F)c1. The first-order chi connectivity index (χ1) is 14.7. The van der Waals surface area contributed by atoms with Crippen LogP contribution in [0.15, 0.2) is 30.6 Å². The molecule has 0 atom stereocenters. The molecule has 3 heterocycles. The number of aromatic amines is 1. The molecule has 3 aromatic rings. The molecule has 31 heavy (non-hydrogen) atoms. The second-order valence-corrected chi connectivity index (χ2v) is 6.84. The van der Waals surface area contributed by atoms with E-state index in [4.69, 9.17) is 9.47 Å². The number of urea groups is 1. The number of H-pyrrole nitrogens is 1. The molecule has 0 saturated carbocycles. The highest BCUT2D eigenvalue weighted by molar-refractivity contribution is 5.89. The summed E-state index contributed by atoms with van der Waals surface area (Å²) in [4.78, 5) is 18.0. The van der Waals surface area contributed by atoms with Crippen molar-refractivity contribution >= 4 is 22.8 Å². The molecule has 0 aliphatic carbocycles. The van der Waals surface area contributed by atoms with Crippen LogP contribution in [0.5, 0.6) is 11.5 Å². The van der Waals surface area contributed by atoms with Gasteiger partial charge in [0, 0.05) is 42.7 Å². The molecule has 4 rings (SSSR count). The molecule has 0 unspecified atom stereocenters. The number of carbonyl (C=O) groups is 1. The molecule has 0 spiro atoms. The van der Waals surface area contributed by atoms with Crippen LogP contribution in [-0.2, 0) is 10.9 Å². The molecular weight excluding hydrogens is 427 g/mol. The average Bonchev–Trinajstić information content (AvgIpc) is 3.09. The van der Waals surface area contributed by atoms with E-state index in [-0.39, 0.29) is 17.3 Å². The van der Waals surface area contributed by atoms with Crippen LogP contribution in [0, 0.1) is 17.6 Å². The summed E-state index contributed by atoms with van der Waals surface area (Å²) in [6.45, 7) is 1.39. The first kappa shape index (κ1) is 20.8. The Morgan fingerprint density at radius 1 is 1.26 bits per heavy atom. The zero-order valence-electron chi connectivity index (χ0n) is 15.6. The third-order valence-corrected chi connectivity index (χ3v) is 4.57. The van der Waals surface area contributed by atoms with Gasteiger partial charge in [-0.1, -0.05) is 0 Å². The van der Waals surface area contributed by atoms with Gasteiger partial charge in [0.2, 0.25) is 0 Å². The molecule has 3 N–H and O–H groups in total. The van der Waals surface area contributed by atoms with E-state index in [1.165, 1.54) is 0 Å². The second kappa shape index (κ2) is 8.02. The fourth-order valence-corrected chi connectivity index (χ4v) is 2.99. The monoisotopic (exact) mass is 442 g/mol. The van der Waals surface area contributed by atoms with Crippen molar-refractivity contribution in [1.29, 1.82) is 0 Å². The number of fused-ring (bicyclic) bond motifs is 1. The first-order valence-electron chi connectivity index (χ1n) is 9.05. The highest BCUT2D eigenvalue weighted by Gasteiger charge is 2.35. The summed E-state index contributed by atoms with van der Waals surface area (Å²) >= 11 is 0. The molecule has 0 bridgehead atoms. The van der Waals surface area contributed by atoms with Gasteiger partial charge in [-0.05, 0) is 6.07 Å². The standard InChI is InChI=1S/C19H15F5N4O3/c20-12-3-10(28-18(29)27-5-9-7-30-8-9)4-13(21)16(12)31-14-1-2-25-17-15(14)11(6-26-17)19(22,23)24/h1-4,6,9H,5,7-8H2,(H,25,26)(H2,27,28,29). The lowest BCUT2D eigenvalue weighted by Crippen LogP contribution is -2.40. The number of anilines is 1. The number of rotatable bonds is 5. The van der Waals surface area contributed by atoms with E-state index in [1.54, 1.807) is 0 Å². The zero-order chi connectivity index (χ0) is 22.2. The van der Waals surface area contributed by atoms with E-state index in [2.05, 4.69) is 20.6 Å². The quantitative estimate of drug-likeness (QED) is 0.511. The fraction of sp³-hybridized carbons (Fsp3) is 0.263. The van der Waals surface area contributed by atoms with Gasteiger partial charge in [-0.3, -0.25) is 0 Å². The number of ether oxygens (including phenoxy) is 2. The van der Waals surface area contributed by atoms with Gasteiger partial charge in [0.1, 0.15) is 11.4 Å². The smallest absolute Gasteiger partial charge is 0.418 e. The minimum absolute atomic E-state index is 0.155. The first-order valence-corrected chi connectivity index (χ1v) is 9.05. The lowest BCUT2D eigenvalue weighted by Gasteiger charge is -2.25. The van der Waals surface area contributed by atoms with Gasteiger partial charge < -0.3 is 25.1 Å². The number of nitrogens with one attached hydrogen (secondary N) is 3. The molecule has 1 aliphatic heterocycles. The molecule has 1 aromatic carbocycles. The Morgan fingerprint density at radius 3 is 2.58 bits per heavy atom. The number of aromatic nitrogens is 2. The largest absolute Gasteiger partial charge is 0.450 e. The topological polar surface area (TPSA) is 88.3 Å². The lowest BCUT2D eigenvalue weighted by atomic mass is 10.1. The predicted octanol–water partition coefficient (Wildman–Crippen LogP) is 4.42. The van der Waals surface area contributed by atoms with Gasteiger partial charge in [0.05, 0.1) is 24.2 Å². The molecule has 164 valence electrons. The van der Waals surface area contributed by atoms with Crippen LogP contribution in [0.1, 0.15) is 5.56 Å². The number of pyridine rings is 1. The Morgan fingerprint density at radius 2 is 1.97 bits per heavy atom. The highest BCUT2D eigenvalue weighted by Crippen LogP contribution is 2.40. The third kappa shape index (κ3) is 4.38. The van der Waals surface area contributed by atoms with E-state index in [1.807, 2.05) is 0 Å². The Labute approximate surface area is 171 Å². The maximum atomic E-state index is 14.5. The average molecular weight is 442 g/mol. The van der Waals surface area contributed by atoms with Gasteiger partial charge >= 0.3 is 12.2 Å². The molecule has 0 radical (unpaired) electrons. The molecule has 1 aliphatic rings. The lowest BCUT2D eigenvalue weighted by molar-refractivity contribution is -0.136. The van der Waals surface area contributed by atoms with Gasteiger partial charge in [0.15, 0.2) is 17.4 Å². The normalized spacial score (nSPS) is 14.4. The van der Waals surface area contributed by atoms with Crippen molar-refractivity contribution in [3.05, 3.63) is 47.8 Å². The maximum absolute atomic E-state index is 14.5. The van der Waals surface area contributed by atoms with Crippen LogP contribution in [0.3, 0.4) is 0 Å². The van der Waals surface area contributed by atoms with Gasteiger partial charge in [-0.2, -0.15) is 13.2 Å². The summed E-state index contributed by atoms with van der Waals surface area (Å²) < 4.78 is 78.8. The highest BCUT2D eigenvalue weighted by atomic mass is 19.4. The van der Waals surface area contributed by atoms with E-state index in [9.17, 15) is 26.7 Å². The van der Waals surface area contributed by atoms with E-state index >= 15 is 0 Å². The summed E-state index contributed by atoms with van der Waals surface area (Å²) in [6, 6.07) is 1.99. The van der Waals surface area contributed by atoms with E-state index in [0.717, 1.165) is 24.4 Å². The summed E-state index contributed by atoms with van der Waals surface area (Å²) in [5.74, 6) is -3.59. The number of alkyl halides is 3. The number of benzene rings is 1. The zero-order valence-corrected chi connectivity index (χ0v) is 15.6. The third-order valence-electron chi connectivity index (χ3n) is 4.57. The molecular formula is C19H15F5N4O3. The summed E-state index contributed by atoms with van der Waals surface area (Å²) in [5.41, 5.74) is -1.43. The number of carbonyl (C=O) groups excluding carboxylic acids is 1. The number of hydrogen-bond donors (Lipinski definition) is 3.